The van der Waals surface area contributed by atoms with Gasteiger partial charge in [0.05, 0.1) is 5.71 Å². The van der Waals surface area contributed by atoms with Gasteiger partial charge in [0.2, 0.25) is 0 Å². The Labute approximate surface area is 203 Å². The SMILES string of the molecule is O=C(NCc1ccc(C2=NOC(c3cc(Cl)cc(Cl)c3)(C(F)(F)F)C2)cc1Cl)OCC(F)(F)F. The minimum atomic E-state index is -4.88. The first-order valence-electron chi connectivity index (χ1n) is 9.25. The van der Waals surface area contributed by atoms with E-state index in [1.807, 2.05) is 0 Å². The average Bonchev–Trinajstić information content (AvgIpc) is 3.17. The van der Waals surface area contributed by atoms with Crippen LogP contribution in [0.5, 0.6) is 0 Å². The molecule has 14 heteroatoms. The van der Waals surface area contributed by atoms with Gasteiger partial charge in [-0.25, -0.2) is 4.79 Å². The molecule has 0 aliphatic carbocycles. The fraction of sp³-hybridized carbons (Fsp3) is 0.300. The van der Waals surface area contributed by atoms with E-state index in [0.29, 0.717) is 0 Å². The molecule has 0 radical (unpaired) electrons. The molecule has 184 valence electrons. The first-order valence-corrected chi connectivity index (χ1v) is 10.4. The van der Waals surface area contributed by atoms with Gasteiger partial charge in [-0.3, -0.25) is 0 Å². The second-order valence-corrected chi connectivity index (χ2v) is 8.42. The average molecular weight is 550 g/mol. The van der Waals surface area contributed by atoms with Crippen molar-refractivity contribution in [3.05, 3.63) is 68.2 Å². The van der Waals surface area contributed by atoms with E-state index in [-0.39, 0.29) is 44.0 Å². The number of carbonyl (C=O) groups excluding carboxylic acids is 1. The highest BCUT2D eigenvalue weighted by molar-refractivity contribution is 6.34. The highest BCUT2D eigenvalue weighted by Crippen LogP contribution is 2.49. The molecule has 0 saturated carbocycles. The maximum Gasteiger partial charge on any atom is 0.435 e. The highest BCUT2D eigenvalue weighted by Gasteiger charge is 2.62. The van der Waals surface area contributed by atoms with Gasteiger partial charge in [-0.2, -0.15) is 26.3 Å². The number of halogens is 9. The molecule has 34 heavy (non-hydrogen) atoms. The standard InChI is InChI=1S/C20H13Cl3F6N2O3/c21-13-4-12(5-14(22)6-13)18(20(27,28)29)7-16(31-34-18)10-1-2-11(15(23)3-10)8-30-17(32)33-9-19(24,25)26/h1-6H,7-9H2,(H,30,32). The van der Waals surface area contributed by atoms with Crippen LogP contribution in [0.3, 0.4) is 0 Å². The number of alkyl halides is 6. The van der Waals surface area contributed by atoms with E-state index >= 15 is 0 Å². The Hall–Kier alpha value is -2.37. The van der Waals surface area contributed by atoms with E-state index in [1.165, 1.54) is 24.3 Å². The summed E-state index contributed by atoms with van der Waals surface area (Å²) in [5.74, 6) is 0. The zero-order chi connectivity index (χ0) is 25.3. The second kappa shape index (κ2) is 9.71. The first kappa shape index (κ1) is 26.2. The lowest BCUT2D eigenvalue weighted by molar-refractivity contribution is -0.275. The Morgan fingerprint density at radius 1 is 1.06 bits per heavy atom. The Morgan fingerprint density at radius 2 is 1.71 bits per heavy atom. The lowest BCUT2D eigenvalue weighted by Gasteiger charge is -2.29. The second-order valence-electron chi connectivity index (χ2n) is 7.14. The van der Waals surface area contributed by atoms with Gasteiger partial charge < -0.3 is 14.9 Å². The number of rotatable bonds is 5. The van der Waals surface area contributed by atoms with Gasteiger partial charge in [0.1, 0.15) is 0 Å². The Bertz CT molecular complexity index is 1100. The number of hydrogen-bond acceptors (Lipinski definition) is 4. The van der Waals surface area contributed by atoms with E-state index in [0.717, 1.165) is 12.1 Å². The van der Waals surface area contributed by atoms with Crippen LogP contribution < -0.4 is 5.32 Å². The monoisotopic (exact) mass is 548 g/mol. The quantitative estimate of drug-likeness (QED) is 0.408. The molecule has 5 nitrogen and oxygen atoms in total. The van der Waals surface area contributed by atoms with Crippen molar-refractivity contribution in [1.29, 1.82) is 0 Å². The molecule has 0 fully saturated rings. The van der Waals surface area contributed by atoms with Gasteiger partial charge in [0.25, 0.3) is 5.60 Å². The topological polar surface area (TPSA) is 59.9 Å². The van der Waals surface area contributed by atoms with Crippen LogP contribution in [0.2, 0.25) is 15.1 Å². The van der Waals surface area contributed by atoms with Crippen LogP contribution in [0.1, 0.15) is 23.1 Å². The van der Waals surface area contributed by atoms with Crippen LogP contribution >= 0.6 is 34.8 Å². The van der Waals surface area contributed by atoms with Crippen molar-refractivity contribution in [1.82, 2.24) is 5.32 Å². The fourth-order valence-electron chi connectivity index (χ4n) is 3.08. The van der Waals surface area contributed by atoms with Crippen LogP contribution in [0.25, 0.3) is 0 Å². The molecule has 1 unspecified atom stereocenters. The van der Waals surface area contributed by atoms with Crippen molar-refractivity contribution in [3.63, 3.8) is 0 Å². The molecule has 1 aliphatic heterocycles. The Balaban J connectivity index is 1.76. The molecular formula is C20H13Cl3F6N2O3. The molecule has 2 aromatic carbocycles. The zero-order valence-corrected chi connectivity index (χ0v) is 18.9. The van der Waals surface area contributed by atoms with E-state index in [9.17, 15) is 31.1 Å². The largest absolute Gasteiger partial charge is 0.440 e. The van der Waals surface area contributed by atoms with E-state index < -0.39 is 37.1 Å². The van der Waals surface area contributed by atoms with Gasteiger partial charge in [-0.1, -0.05) is 52.1 Å². The summed E-state index contributed by atoms with van der Waals surface area (Å²) in [4.78, 5) is 16.3. The number of oxime groups is 1. The number of nitrogens with one attached hydrogen (secondary N) is 1. The third-order valence-electron chi connectivity index (χ3n) is 4.69. The third-order valence-corrected chi connectivity index (χ3v) is 5.48. The molecule has 0 saturated heterocycles. The summed E-state index contributed by atoms with van der Waals surface area (Å²) in [6.07, 6.45) is -11.6. The molecule has 1 heterocycles. The normalized spacial score (nSPS) is 18.3. The molecule has 3 rings (SSSR count). The Kier molecular flexibility index (Phi) is 7.49. The highest BCUT2D eigenvalue weighted by atomic mass is 35.5. The third kappa shape index (κ3) is 6.00. The molecule has 1 aliphatic rings. The number of ether oxygens (including phenoxy) is 1. The number of nitrogens with zero attached hydrogens (tertiary/aromatic N) is 1. The summed E-state index contributed by atoms with van der Waals surface area (Å²) in [5, 5.41) is 5.69. The molecule has 1 amide bonds. The maximum atomic E-state index is 14.1. The van der Waals surface area contributed by atoms with Gasteiger partial charge >= 0.3 is 18.4 Å². The number of hydrogen-bond donors (Lipinski definition) is 1. The molecule has 1 N–H and O–H groups in total. The minimum Gasteiger partial charge on any atom is -0.440 e. The van der Waals surface area contributed by atoms with E-state index in [1.54, 1.807) is 0 Å². The van der Waals surface area contributed by atoms with Crippen molar-refractivity contribution in [3.8, 4) is 0 Å². The smallest absolute Gasteiger partial charge is 0.435 e. The number of carbonyl (C=O) groups is 1. The molecule has 0 bridgehead atoms. The first-order chi connectivity index (χ1) is 15.7. The summed E-state index contributed by atoms with van der Waals surface area (Å²) in [7, 11) is 0. The van der Waals surface area contributed by atoms with Crippen molar-refractivity contribution >= 4 is 46.6 Å². The minimum absolute atomic E-state index is 0.0168. The van der Waals surface area contributed by atoms with Gasteiger partial charge in [0.15, 0.2) is 6.61 Å². The summed E-state index contributed by atoms with van der Waals surface area (Å²) in [6.45, 7) is -2.05. The van der Waals surface area contributed by atoms with Gasteiger partial charge in [-0.15, -0.1) is 0 Å². The van der Waals surface area contributed by atoms with Crippen LogP contribution in [0.15, 0.2) is 41.6 Å². The summed E-state index contributed by atoms with van der Waals surface area (Å²) < 4.78 is 82.5. The van der Waals surface area contributed by atoms with Gasteiger partial charge in [-0.05, 0) is 29.8 Å². The number of benzene rings is 2. The molecule has 0 spiro atoms. The van der Waals surface area contributed by atoms with Gasteiger partial charge in [0, 0.05) is 39.2 Å². The maximum absolute atomic E-state index is 14.1. The van der Waals surface area contributed by atoms with E-state index in [4.69, 9.17) is 39.6 Å². The Morgan fingerprint density at radius 3 is 2.26 bits per heavy atom. The summed E-state index contributed by atoms with van der Waals surface area (Å²) >= 11 is 17.9. The fourth-order valence-corrected chi connectivity index (χ4v) is 3.85. The van der Waals surface area contributed by atoms with Crippen molar-refractivity contribution < 1.29 is 40.7 Å². The summed E-state index contributed by atoms with van der Waals surface area (Å²) in [6, 6.07) is 7.48. The molecular weight excluding hydrogens is 537 g/mol. The van der Waals surface area contributed by atoms with Crippen LogP contribution in [-0.4, -0.2) is 30.8 Å². The number of amides is 1. The van der Waals surface area contributed by atoms with Crippen molar-refractivity contribution in [2.75, 3.05) is 6.61 Å². The van der Waals surface area contributed by atoms with Crippen LogP contribution in [-0.2, 0) is 21.7 Å². The molecule has 2 aromatic rings. The molecule has 0 aromatic heterocycles. The zero-order valence-electron chi connectivity index (χ0n) is 16.7. The lowest BCUT2D eigenvalue weighted by Crippen LogP contribution is -2.42. The number of alkyl carbamates (subject to hydrolysis) is 1. The summed E-state index contributed by atoms with van der Waals surface area (Å²) in [5.41, 5.74) is -2.75. The van der Waals surface area contributed by atoms with E-state index in [2.05, 4.69) is 15.2 Å². The predicted octanol–water partition coefficient (Wildman–Crippen LogP) is 7.02. The lowest BCUT2D eigenvalue weighted by atomic mass is 9.86. The van der Waals surface area contributed by atoms with Crippen molar-refractivity contribution in [2.24, 2.45) is 5.16 Å². The molecule has 1 atom stereocenters. The van der Waals surface area contributed by atoms with Crippen LogP contribution in [0, 0.1) is 0 Å². The predicted molar refractivity (Wildman–Crippen MR) is 112 cm³/mol. The van der Waals surface area contributed by atoms with Crippen molar-refractivity contribution in [2.45, 2.75) is 30.9 Å². The van der Waals surface area contributed by atoms with Crippen LogP contribution in [0.4, 0.5) is 31.1 Å².